The maximum atomic E-state index is 13.2. The number of hydrogen-bond acceptors (Lipinski definition) is 6. The maximum Gasteiger partial charge on any atom is 0.282 e. The molecular formula is C19H16N8O. The molecule has 5 aromatic rings. The molecule has 4 aromatic heterocycles. The fraction of sp³-hybridized carbons (Fsp3) is 0.105. The lowest BCUT2D eigenvalue weighted by atomic mass is 10.2. The second kappa shape index (κ2) is 6.31. The molecule has 0 unspecified atom stereocenters. The summed E-state index contributed by atoms with van der Waals surface area (Å²) in [6.07, 6.45) is 4.78. The number of aromatic amines is 1. The number of H-pyrrole nitrogens is 1. The Bertz CT molecular complexity index is 1360. The minimum Gasteiger partial charge on any atom is -0.361 e. The second-order valence-corrected chi connectivity index (χ2v) is 6.36. The summed E-state index contributed by atoms with van der Waals surface area (Å²) in [4.78, 5) is 28.7. The molecule has 0 atom stereocenters. The Balaban J connectivity index is 1.64. The molecule has 138 valence electrons. The average Bonchev–Trinajstić information content (AvgIpc) is 3.37. The Hall–Kier alpha value is -4.01. The van der Waals surface area contributed by atoms with E-state index in [9.17, 15) is 4.79 Å². The van der Waals surface area contributed by atoms with Gasteiger partial charge >= 0.3 is 0 Å². The average molecular weight is 372 g/mol. The first kappa shape index (κ1) is 16.2. The molecule has 0 amide bonds. The van der Waals surface area contributed by atoms with Gasteiger partial charge in [-0.2, -0.15) is 5.10 Å². The van der Waals surface area contributed by atoms with Crippen LogP contribution in [0.3, 0.4) is 0 Å². The summed E-state index contributed by atoms with van der Waals surface area (Å²) >= 11 is 0. The van der Waals surface area contributed by atoms with Crippen LogP contribution < -0.4 is 10.9 Å². The van der Waals surface area contributed by atoms with Crippen LogP contribution >= 0.6 is 0 Å². The lowest BCUT2D eigenvalue weighted by Crippen LogP contribution is -2.28. The zero-order valence-electron chi connectivity index (χ0n) is 15.0. The Labute approximate surface area is 158 Å². The van der Waals surface area contributed by atoms with Crippen molar-refractivity contribution in [1.82, 2.24) is 34.1 Å². The number of imidazole rings is 1. The summed E-state index contributed by atoms with van der Waals surface area (Å²) in [6, 6.07) is 11.3. The molecule has 0 bridgehead atoms. The van der Waals surface area contributed by atoms with Gasteiger partial charge in [-0.1, -0.05) is 18.2 Å². The monoisotopic (exact) mass is 372 g/mol. The van der Waals surface area contributed by atoms with Crippen LogP contribution in [-0.4, -0.2) is 34.1 Å². The van der Waals surface area contributed by atoms with Gasteiger partial charge in [0.05, 0.1) is 18.6 Å². The number of para-hydroxylation sites is 1. The smallest absolute Gasteiger partial charge is 0.282 e. The number of aromatic nitrogens is 7. The molecule has 0 radical (unpaired) electrons. The minimum absolute atomic E-state index is 0.125. The van der Waals surface area contributed by atoms with Gasteiger partial charge in [0, 0.05) is 6.20 Å². The Morgan fingerprint density at radius 1 is 1.11 bits per heavy atom. The summed E-state index contributed by atoms with van der Waals surface area (Å²) in [5.41, 5.74) is 3.46. The van der Waals surface area contributed by atoms with E-state index >= 15 is 0 Å². The van der Waals surface area contributed by atoms with E-state index in [2.05, 4.69) is 30.4 Å². The third-order valence-corrected chi connectivity index (χ3v) is 4.62. The van der Waals surface area contributed by atoms with Crippen molar-refractivity contribution in [3.63, 3.8) is 0 Å². The van der Waals surface area contributed by atoms with Crippen molar-refractivity contribution >= 4 is 22.5 Å². The first-order valence-corrected chi connectivity index (χ1v) is 8.75. The van der Waals surface area contributed by atoms with E-state index in [-0.39, 0.29) is 5.56 Å². The number of anilines is 1. The Morgan fingerprint density at radius 2 is 2.00 bits per heavy atom. The van der Waals surface area contributed by atoms with Crippen LogP contribution in [0.1, 0.15) is 11.4 Å². The topological polar surface area (TPSA) is 106 Å². The predicted octanol–water partition coefficient (Wildman–Crippen LogP) is 2.07. The quantitative estimate of drug-likeness (QED) is 0.500. The van der Waals surface area contributed by atoms with E-state index in [0.717, 1.165) is 11.3 Å². The third-order valence-electron chi connectivity index (χ3n) is 4.62. The van der Waals surface area contributed by atoms with Crippen LogP contribution in [0, 0.1) is 6.92 Å². The van der Waals surface area contributed by atoms with Gasteiger partial charge in [0.25, 0.3) is 5.56 Å². The molecule has 0 aliphatic heterocycles. The summed E-state index contributed by atoms with van der Waals surface area (Å²) in [7, 11) is 0. The molecule has 2 N–H and O–H groups in total. The Kier molecular flexibility index (Phi) is 3.64. The molecule has 28 heavy (non-hydrogen) atoms. The van der Waals surface area contributed by atoms with Gasteiger partial charge in [-0.15, -0.1) is 0 Å². The van der Waals surface area contributed by atoms with E-state index in [0.29, 0.717) is 34.9 Å². The van der Waals surface area contributed by atoms with E-state index in [1.165, 1.54) is 6.33 Å². The van der Waals surface area contributed by atoms with Gasteiger partial charge in [-0.3, -0.25) is 9.36 Å². The number of benzene rings is 1. The molecule has 0 saturated heterocycles. The van der Waals surface area contributed by atoms with E-state index in [1.807, 2.05) is 37.3 Å². The number of nitrogens with one attached hydrogen (secondary N) is 2. The number of nitrogens with zero attached hydrogens (tertiary/aromatic N) is 6. The van der Waals surface area contributed by atoms with Gasteiger partial charge in [0.2, 0.25) is 0 Å². The van der Waals surface area contributed by atoms with Crippen LogP contribution in [0.4, 0.5) is 5.82 Å². The molecule has 1 aromatic carbocycles. The van der Waals surface area contributed by atoms with Crippen molar-refractivity contribution < 1.29 is 0 Å². The van der Waals surface area contributed by atoms with Crippen molar-refractivity contribution in [3.8, 4) is 5.69 Å². The van der Waals surface area contributed by atoms with Crippen LogP contribution in [0.25, 0.3) is 22.4 Å². The number of rotatable bonds is 4. The van der Waals surface area contributed by atoms with Crippen LogP contribution in [0.15, 0.2) is 60.0 Å². The fourth-order valence-electron chi connectivity index (χ4n) is 3.27. The number of aryl methyl sites for hydroxylation is 1. The molecule has 9 nitrogen and oxygen atoms in total. The number of hydrogen-bond donors (Lipinski definition) is 2. The van der Waals surface area contributed by atoms with Crippen molar-refractivity contribution in [2.75, 3.05) is 5.32 Å². The highest BCUT2D eigenvalue weighted by Crippen LogP contribution is 2.17. The summed E-state index contributed by atoms with van der Waals surface area (Å²) in [6.45, 7) is 2.27. The second-order valence-electron chi connectivity index (χ2n) is 6.36. The first-order valence-electron chi connectivity index (χ1n) is 8.75. The third kappa shape index (κ3) is 2.52. The van der Waals surface area contributed by atoms with E-state index < -0.39 is 0 Å². The zero-order valence-corrected chi connectivity index (χ0v) is 15.0. The summed E-state index contributed by atoms with van der Waals surface area (Å²) in [5, 5.41) is 7.89. The summed E-state index contributed by atoms with van der Waals surface area (Å²) in [5.74, 6) is 1.16. The van der Waals surface area contributed by atoms with Crippen LogP contribution in [0.2, 0.25) is 0 Å². The Morgan fingerprint density at radius 3 is 2.89 bits per heavy atom. The van der Waals surface area contributed by atoms with Gasteiger partial charge in [0.15, 0.2) is 17.3 Å². The zero-order chi connectivity index (χ0) is 19.1. The van der Waals surface area contributed by atoms with Crippen molar-refractivity contribution in [3.05, 3.63) is 77.0 Å². The highest BCUT2D eigenvalue weighted by molar-refractivity contribution is 5.81. The van der Waals surface area contributed by atoms with Gasteiger partial charge in [0.1, 0.15) is 17.4 Å². The number of fused-ring (bicyclic) bond motifs is 2. The normalized spacial score (nSPS) is 11.3. The predicted molar refractivity (Wildman–Crippen MR) is 105 cm³/mol. The van der Waals surface area contributed by atoms with E-state index in [4.69, 9.17) is 0 Å². The SMILES string of the molecule is Cc1ccccc1-n1c(CNc2ncnc3nc[nH]c23)nn2cccc2c1=O. The molecule has 5 rings (SSSR count). The van der Waals surface area contributed by atoms with Crippen LogP contribution in [0.5, 0.6) is 0 Å². The highest BCUT2D eigenvalue weighted by atomic mass is 16.1. The largest absolute Gasteiger partial charge is 0.361 e. The lowest BCUT2D eigenvalue weighted by Gasteiger charge is -2.15. The highest BCUT2D eigenvalue weighted by Gasteiger charge is 2.15. The van der Waals surface area contributed by atoms with Crippen LogP contribution in [-0.2, 0) is 6.54 Å². The summed E-state index contributed by atoms with van der Waals surface area (Å²) < 4.78 is 3.24. The molecule has 0 spiro atoms. The first-order chi connectivity index (χ1) is 13.7. The minimum atomic E-state index is -0.125. The van der Waals surface area contributed by atoms with Gasteiger partial charge in [-0.25, -0.2) is 19.5 Å². The standard InChI is InChI=1S/C19H16N8O/c1-12-5-2-3-6-13(12)27-15(25-26-8-4-7-14(26)19(27)28)9-20-17-16-18(22-10-21-16)24-11-23-17/h2-8,10-11H,9H2,1H3,(H2,20,21,22,23,24). The van der Waals surface area contributed by atoms with E-state index in [1.54, 1.807) is 27.7 Å². The molecule has 0 fully saturated rings. The lowest BCUT2D eigenvalue weighted by molar-refractivity contribution is 0.739. The maximum absolute atomic E-state index is 13.2. The fourth-order valence-corrected chi connectivity index (χ4v) is 3.27. The molecule has 4 heterocycles. The van der Waals surface area contributed by atoms with Crippen molar-refractivity contribution in [2.24, 2.45) is 0 Å². The van der Waals surface area contributed by atoms with Gasteiger partial charge in [-0.05, 0) is 30.7 Å². The molecular weight excluding hydrogens is 356 g/mol. The molecule has 0 aliphatic carbocycles. The molecule has 0 aliphatic rings. The van der Waals surface area contributed by atoms with Crippen molar-refractivity contribution in [1.29, 1.82) is 0 Å². The van der Waals surface area contributed by atoms with Crippen molar-refractivity contribution in [2.45, 2.75) is 13.5 Å². The van der Waals surface area contributed by atoms with Gasteiger partial charge < -0.3 is 10.3 Å². The molecule has 0 saturated carbocycles. The molecule has 9 heteroatoms.